The Bertz CT molecular complexity index is 1330. The summed E-state index contributed by atoms with van der Waals surface area (Å²) in [5.74, 6) is 3.24. The van der Waals surface area contributed by atoms with E-state index in [9.17, 15) is 0 Å². The SMILES string of the molecule is CCc1c(-c2ccc(OC)c(OC)c2)[nH]c2ccc(-c3noc([C@@H]4C[C@H]5CC[C@@H](C4)N5)n3)cc12. The van der Waals surface area contributed by atoms with Crippen LogP contribution in [0.25, 0.3) is 33.5 Å². The van der Waals surface area contributed by atoms with Crippen molar-refractivity contribution >= 4 is 10.9 Å². The second-order valence-corrected chi connectivity index (χ2v) is 9.42. The molecule has 2 aliphatic rings. The molecule has 3 atom stereocenters. The highest BCUT2D eigenvalue weighted by molar-refractivity contribution is 5.93. The van der Waals surface area contributed by atoms with Crippen LogP contribution in [0.15, 0.2) is 40.9 Å². The highest BCUT2D eigenvalue weighted by Crippen LogP contribution is 2.39. The maximum Gasteiger partial charge on any atom is 0.230 e. The Labute approximate surface area is 198 Å². The molecule has 0 spiro atoms. The summed E-state index contributed by atoms with van der Waals surface area (Å²) in [7, 11) is 3.31. The van der Waals surface area contributed by atoms with E-state index in [0.29, 0.717) is 29.6 Å². The second kappa shape index (κ2) is 8.47. The van der Waals surface area contributed by atoms with Gasteiger partial charge in [0.25, 0.3) is 0 Å². The number of hydrogen-bond donors (Lipinski definition) is 2. The number of benzene rings is 2. The number of methoxy groups -OCH3 is 2. The van der Waals surface area contributed by atoms with E-state index in [0.717, 1.165) is 53.2 Å². The first kappa shape index (κ1) is 21.2. The van der Waals surface area contributed by atoms with E-state index in [4.69, 9.17) is 19.0 Å². The number of rotatable bonds is 6. The minimum absolute atomic E-state index is 0.360. The molecule has 2 aromatic heterocycles. The zero-order valence-corrected chi connectivity index (χ0v) is 19.9. The molecule has 4 heterocycles. The summed E-state index contributed by atoms with van der Waals surface area (Å²) >= 11 is 0. The first-order chi connectivity index (χ1) is 16.7. The monoisotopic (exact) mass is 458 g/mol. The Balaban J connectivity index is 1.35. The number of H-pyrrole nitrogens is 1. The van der Waals surface area contributed by atoms with Gasteiger partial charge in [0.05, 0.1) is 14.2 Å². The first-order valence-electron chi connectivity index (χ1n) is 12.1. The zero-order chi connectivity index (χ0) is 23.2. The first-order valence-corrected chi connectivity index (χ1v) is 12.1. The number of piperidine rings is 1. The lowest BCUT2D eigenvalue weighted by Gasteiger charge is -2.26. The third-order valence-corrected chi connectivity index (χ3v) is 7.45. The summed E-state index contributed by atoms with van der Waals surface area (Å²) in [6.45, 7) is 2.18. The van der Waals surface area contributed by atoms with Crippen LogP contribution in [-0.2, 0) is 6.42 Å². The standard InChI is InChI=1S/C27H30N4O3/c1-4-20-21-13-16(26-30-27(34-31-26)17-11-18-7-8-19(12-17)28-18)5-9-22(21)29-25(20)15-6-10-23(32-2)24(14-15)33-3/h5-6,9-10,13-14,17-19,28-29H,4,7-8,11-12H2,1-3H3/t17-,18-,19+. The molecule has 4 aromatic rings. The van der Waals surface area contributed by atoms with E-state index in [1.54, 1.807) is 14.2 Å². The zero-order valence-electron chi connectivity index (χ0n) is 19.9. The van der Waals surface area contributed by atoms with Gasteiger partial charge in [0, 0.05) is 45.7 Å². The van der Waals surface area contributed by atoms with Crippen LogP contribution in [0.5, 0.6) is 11.5 Å². The molecule has 2 saturated heterocycles. The molecule has 0 saturated carbocycles. The van der Waals surface area contributed by atoms with Crippen molar-refractivity contribution in [1.82, 2.24) is 20.4 Å². The molecule has 7 nitrogen and oxygen atoms in total. The van der Waals surface area contributed by atoms with Gasteiger partial charge in [-0.25, -0.2) is 0 Å². The van der Waals surface area contributed by atoms with E-state index in [1.165, 1.54) is 23.8 Å². The van der Waals surface area contributed by atoms with Gasteiger partial charge in [0.2, 0.25) is 11.7 Å². The summed E-state index contributed by atoms with van der Waals surface area (Å²) < 4.78 is 16.7. The second-order valence-electron chi connectivity index (χ2n) is 9.42. The lowest BCUT2D eigenvalue weighted by Crippen LogP contribution is -2.37. The maximum atomic E-state index is 5.75. The van der Waals surface area contributed by atoms with Gasteiger partial charge in [0.1, 0.15) is 0 Å². The van der Waals surface area contributed by atoms with Crippen LogP contribution in [0.3, 0.4) is 0 Å². The van der Waals surface area contributed by atoms with Gasteiger partial charge >= 0.3 is 0 Å². The normalized spacial score (nSPS) is 21.8. The van der Waals surface area contributed by atoms with Gasteiger partial charge in [-0.1, -0.05) is 12.1 Å². The average Bonchev–Trinajstić information content (AvgIpc) is 3.59. The summed E-state index contributed by atoms with van der Waals surface area (Å²) in [6.07, 6.45) is 5.58. The van der Waals surface area contributed by atoms with Crippen molar-refractivity contribution < 1.29 is 14.0 Å². The fraction of sp³-hybridized carbons (Fsp3) is 0.407. The van der Waals surface area contributed by atoms with E-state index < -0.39 is 0 Å². The molecule has 0 unspecified atom stereocenters. The highest BCUT2D eigenvalue weighted by atomic mass is 16.5. The predicted octanol–water partition coefficient (Wildman–Crippen LogP) is 5.46. The van der Waals surface area contributed by atoms with Crippen LogP contribution < -0.4 is 14.8 Å². The van der Waals surface area contributed by atoms with Crippen LogP contribution >= 0.6 is 0 Å². The van der Waals surface area contributed by atoms with Gasteiger partial charge in [-0.2, -0.15) is 4.98 Å². The number of aromatic nitrogens is 3. The number of nitrogens with one attached hydrogen (secondary N) is 2. The Hall–Kier alpha value is -3.32. The van der Waals surface area contributed by atoms with Crippen molar-refractivity contribution in [2.24, 2.45) is 0 Å². The van der Waals surface area contributed by atoms with E-state index in [-0.39, 0.29) is 0 Å². The summed E-state index contributed by atoms with van der Waals surface area (Å²) in [6, 6.07) is 13.6. The number of ether oxygens (including phenoxy) is 2. The Morgan fingerprint density at radius 1 is 0.971 bits per heavy atom. The molecular weight excluding hydrogens is 428 g/mol. The Kier molecular flexibility index (Phi) is 5.29. The van der Waals surface area contributed by atoms with Crippen molar-refractivity contribution in [2.75, 3.05) is 14.2 Å². The minimum atomic E-state index is 0.360. The average molecular weight is 459 g/mol. The van der Waals surface area contributed by atoms with Crippen molar-refractivity contribution in [2.45, 2.75) is 57.0 Å². The van der Waals surface area contributed by atoms with Crippen LogP contribution in [0.1, 0.15) is 50.0 Å². The molecule has 2 N–H and O–H groups in total. The lowest BCUT2D eigenvalue weighted by atomic mass is 9.92. The maximum absolute atomic E-state index is 5.75. The quantitative estimate of drug-likeness (QED) is 0.399. The Morgan fingerprint density at radius 2 is 1.74 bits per heavy atom. The van der Waals surface area contributed by atoms with Crippen LogP contribution in [0.2, 0.25) is 0 Å². The number of fused-ring (bicyclic) bond motifs is 3. The summed E-state index contributed by atoms with van der Waals surface area (Å²) in [4.78, 5) is 8.43. The molecule has 2 aromatic carbocycles. The predicted molar refractivity (Wildman–Crippen MR) is 131 cm³/mol. The van der Waals surface area contributed by atoms with E-state index >= 15 is 0 Å². The molecule has 6 rings (SSSR count). The molecule has 2 fully saturated rings. The molecule has 34 heavy (non-hydrogen) atoms. The fourth-order valence-electron chi connectivity index (χ4n) is 5.77. The van der Waals surface area contributed by atoms with E-state index in [1.807, 2.05) is 12.1 Å². The fourth-order valence-corrected chi connectivity index (χ4v) is 5.77. The van der Waals surface area contributed by atoms with Gasteiger partial charge in [0.15, 0.2) is 11.5 Å². The summed E-state index contributed by atoms with van der Waals surface area (Å²) in [5.41, 5.74) is 5.47. The minimum Gasteiger partial charge on any atom is -0.493 e. The number of aromatic amines is 1. The molecule has 2 bridgehead atoms. The van der Waals surface area contributed by atoms with Gasteiger partial charge < -0.3 is 24.3 Å². The number of nitrogens with zero attached hydrogens (tertiary/aromatic N) is 2. The Morgan fingerprint density at radius 3 is 2.47 bits per heavy atom. The topological polar surface area (TPSA) is 85.2 Å². The number of hydrogen-bond acceptors (Lipinski definition) is 6. The molecule has 2 aliphatic heterocycles. The molecular formula is C27H30N4O3. The van der Waals surface area contributed by atoms with Crippen LogP contribution in [0, 0.1) is 0 Å². The largest absolute Gasteiger partial charge is 0.493 e. The molecule has 176 valence electrons. The van der Waals surface area contributed by atoms with Gasteiger partial charge in [-0.05, 0) is 74.1 Å². The molecule has 7 heteroatoms. The van der Waals surface area contributed by atoms with Gasteiger partial charge in [-0.15, -0.1) is 0 Å². The lowest BCUT2D eigenvalue weighted by molar-refractivity contribution is 0.287. The van der Waals surface area contributed by atoms with Gasteiger partial charge in [-0.3, -0.25) is 0 Å². The molecule has 0 aliphatic carbocycles. The molecule has 0 radical (unpaired) electrons. The van der Waals surface area contributed by atoms with Crippen LogP contribution in [0.4, 0.5) is 0 Å². The van der Waals surface area contributed by atoms with Crippen molar-refractivity contribution in [3.63, 3.8) is 0 Å². The third kappa shape index (κ3) is 3.55. The van der Waals surface area contributed by atoms with E-state index in [2.05, 4.69) is 46.6 Å². The third-order valence-electron chi connectivity index (χ3n) is 7.45. The van der Waals surface area contributed by atoms with Crippen molar-refractivity contribution in [1.29, 1.82) is 0 Å². The number of aryl methyl sites for hydroxylation is 1. The molecule has 0 amide bonds. The summed E-state index contributed by atoms with van der Waals surface area (Å²) in [5, 5.41) is 9.21. The highest BCUT2D eigenvalue weighted by Gasteiger charge is 2.36. The van der Waals surface area contributed by atoms with Crippen molar-refractivity contribution in [3.05, 3.63) is 47.9 Å². The van der Waals surface area contributed by atoms with Crippen molar-refractivity contribution in [3.8, 4) is 34.1 Å². The smallest absolute Gasteiger partial charge is 0.230 e. The van der Waals surface area contributed by atoms with Crippen LogP contribution in [-0.4, -0.2) is 41.4 Å².